The van der Waals surface area contributed by atoms with Gasteiger partial charge in [-0.2, -0.15) is 127 Å². The Morgan fingerprint density at radius 2 is 0.444 bits per heavy atom. The zero-order valence-electron chi connectivity index (χ0n) is 101. The van der Waals surface area contributed by atoms with Gasteiger partial charge in [0.15, 0.2) is 0 Å². The fourth-order valence-corrected chi connectivity index (χ4v) is 13.1. The third kappa shape index (κ3) is 64.2. The summed E-state index contributed by atoms with van der Waals surface area (Å²) in [5.41, 5.74) is 32.0. The van der Waals surface area contributed by atoms with Gasteiger partial charge in [0.1, 0.15) is 0 Å². The molecule has 0 saturated carbocycles. The van der Waals surface area contributed by atoms with Gasteiger partial charge in [0, 0.05) is 124 Å². The zero-order chi connectivity index (χ0) is 109. The monoisotopic (exact) mass is 2190 g/mol. The van der Waals surface area contributed by atoms with E-state index in [1.165, 1.54) is 100 Å². The van der Waals surface area contributed by atoms with Gasteiger partial charge in [-0.05, 0) is 261 Å². The number of nitrogens with zero attached hydrogens (tertiary/aromatic N) is 9. The van der Waals surface area contributed by atoms with E-state index in [9.17, 15) is 0 Å². The van der Waals surface area contributed by atoms with E-state index in [0.717, 1.165) is 131 Å². The maximum absolute atomic E-state index is 3.42. The Morgan fingerprint density at radius 3 is 0.736 bits per heavy atom. The molecule has 0 saturated heterocycles. The summed E-state index contributed by atoms with van der Waals surface area (Å²) in [5, 5.41) is 0. The van der Waals surface area contributed by atoms with E-state index in [0.29, 0.717) is 0 Å². The Balaban J connectivity index is -0.000000216. The number of benzene rings is 12. The molecule has 144 heavy (non-hydrogen) atoms. The van der Waals surface area contributed by atoms with Gasteiger partial charge < -0.3 is 39.2 Å². The molecule has 0 atom stereocenters. The van der Waals surface area contributed by atoms with Crippen LogP contribution in [0.5, 0.6) is 0 Å². The van der Waals surface area contributed by atoms with Crippen LogP contribution in [-0.4, -0.2) is 189 Å². The standard InChI is InChI=1S/3C28H23N.6C4H11N.12C2H6.3Y/c1-29(19-23-13-6-7-15-25(23)21-10-3-2-4-11-21)20-24-14-9-17-27-26-16-8-5-12-22(26)18-28(24)27;1-29(19-21-9-7-13-23(17-21)22-10-3-2-4-11-22)20-25-14-8-16-27-26-15-6-5-12-24(26)18-28(25)27;1-29(19-21-14-16-23(17-15-21)22-8-3-2-4-9-22)20-25-11-7-13-27-26-12-6-5-10-24(26)18-28(25)27;6*1-4-5(2)3;12*1-2;;;/h2-10,12-14,16-17H,18-20H2,1H3;2-10,12,14-17H,18-20H2,1H3;2-8,10-16H,18-20H2,1H3;6*4H2,1-3H3;12*1-2H3;;;/q3*-2;;;;;;;;;;;;;;;;;;;;;. The smallest absolute Gasteiger partial charge is 0.0236 e. The third-order valence-corrected chi connectivity index (χ3v) is 21.0. The summed E-state index contributed by atoms with van der Waals surface area (Å²) in [6, 6.07) is 110. The van der Waals surface area contributed by atoms with Crippen LogP contribution in [0.15, 0.2) is 255 Å². The molecule has 0 fully saturated rings. The van der Waals surface area contributed by atoms with Crippen molar-refractivity contribution in [1.82, 2.24) is 44.1 Å². The predicted molar refractivity (Wildman–Crippen MR) is 640 cm³/mol. The van der Waals surface area contributed by atoms with Crippen LogP contribution in [0, 0.1) is 36.4 Å². The quantitative estimate of drug-likeness (QED) is 0.0653. The minimum Gasteiger partial charge on any atom is -0.310 e. The summed E-state index contributed by atoms with van der Waals surface area (Å²) < 4.78 is 0. The van der Waals surface area contributed by atoms with Crippen molar-refractivity contribution in [3.8, 4) is 66.8 Å². The first kappa shape index (κ1) is 155. The second kappa shape index (κ2) is 104. The number of rotatable bonds is 21. The molecule has 0 aliphatic heterocycles. The molecule has 9 nitrogen and oxygen atoms in total. The van der Waals surface area contributed by atoms with Crippen molar-refractivity contribution in [2.45, 2.75) is 266 Å². The molecular formula is C132H207N9Y3-6. The molecule has 12 aromatic rings. The summed E-state index contributed by atoms with van der Waals surface area (Å²) in [5.74, 6) is 0. The van der Waals surface area contributed by atoms with Crippen molar-refractivity contribution in [3.05, 3.63) is 358 Å². The molecule has 12 aromatic carbocycles. The molecule has 3 radical (unpaired) electrons. The fourth-order valence-electron chi connectivity index (χ4n) is 13.1. The first-order valence-electron chi connectivity index (χ1n) is 53.9. The maximum Gasteiger partial charge on any atom is 0.0236 e. The Hall–Kier alpha value is -6.41. The first-order valence-corrected chi connectivity index (χ1v) is 53.9. The Kier molecular flexibility index (Phi) is 112. The van der Waals surface area contributed by atoms with Crippen LogP contribution in [0.3, 0.4) is 0 Å². The van der Waals surface area contributed by atoms with Crippen LogP contribution < -0.4 is 0 Å². The van der Waals surface area contributed by atoms with E-state index >= 15 is 0 Å². The van der Waals surface area contributed by atoms with E-state index < -0.39 is 0 Å². The molecule has 0 heterocycles. The normalized spacial score (nSPS) is 9.79. The molecule has 0 aromatic heterocycles. The van der Waals surface area contributed by atoms with Crippen LogP contribution in [-0.2, 0) is 157 Å². The minimum atomic E-state index is 0. The second-order valence-electron chi connectivity index (χ2n) is 31.8. The molecule has 3 aliphatic carbocycles. The van der Waals surface area contributed by atoms with Crippen LogP contribution in [0.25, 0.3) is 66.8 Å². The largest absolute Gasteiger partial charge is 0.310 e. The van der Waals surface area contributed by atoms with Crippen molar-refractivity contribution in [1.29, 1.82) is 0 Å². The van der Waals surface area contributed by atoms with Gasteiger partial charge in [0.2, 0.25) is 0 Å². The third-order valence-electron chi connectivity index (χ3n) is 21.0. The average Bonchev–Trinajstić information content (AvgIpc) is 1.64. The summed E-state index contributed by atoms with van der Waals surface area (Å²) in [7, 11) is 31.3. The fraction of sp³-hybridized carbons (Fsp3) is 0.455. The van der Waals surface area contributed by atoms with Crippen molar-refractivity contribution < 1.29 is 98.1 Å². The van der Waals surface area contributed by atoms with Gasteiger partial charge in [-0.15, -0.1) is 53.6 Å². The topological polar surface area (TPSA) is 29.2 Å². The maximum atomic E-state index is 3.42. The van der Waals surface area contributed by atoms with E-state index in [1.807, 2.05) is 227 Å². The molecule has 3 aliphatic rings. The van der Waals surface area contributed by atoms with E-state index in [2.05, 4.69) is 422 Å². The summed E-state index contributed by atoms with van der Waals surface area (Å²) in [6.45, 7) is 73.1. The molecule has 0 bridgehead atoms. The molecule has 15 rings (SSSR count). The first-order chi connectivity index (χ1) is 68.5. The molecule has 0 N–H and O–H groups in total. The van der Waals surface area contributed by atoms with Gasteiger partial charge in [-0.1, -0.05) is 335 Å². The predicted octanol–water partition coefficient (Wildman–Crippen LogP) is 34.2. The summed E-state index contributed by atoms with van der Waals surface area (Å²) >= 11 is 0. The van der Waals surface area contributed by atoms with E-state index in [4.69, 9.17) is 0 Å². The molecule has 0 spiro atoms. The van der Waals surface area contributed by atoms with Gasteiger partial charge in [-0.3, -0.25) is 4.90 Å². The minimum absolute atomic E-state index is 0. The van der Waals surface area contributed by atoms with Crippen LogP contribution in [0.1, 0.15) is 274 Å². The van der Waals surface area contributed by atoms with E-state index in [-0.39, 0.29) is 98.1 Å². The molecule has 12 heteroatoms. The number of fused-ring (bicyclic) bond motifs is 9. The van der Waals surface area contributed by atoms with Gasteiger partial charge in [0.05, 0.1) is 0 Å². The summed E-state index contributed by atoms with van der Waals surface area (Å²) in [4.78, 5) is 19.9. The Morgan fingerprint density at radius 1 is 0.201 bits per heavy atom. The van der Waals surface area contributed by atoms with Crippen molar-refractivity contribution >= 4 is 0 Å². The molecule has 0 unspecified atom stereocenters. The van der Waals surface area contributed by atoms with Crippen molar-refractivity contribution in [2.75, 3.05) is 145 Å². The van der Waals surface area contributed by atoms with Gasteiger partial charge in [0.25, 0.3) is 0 Å². The van der Waals surface area contributed by atoms with Crippen LogP contribution >= 0.6 is 0 Å². The SMILES string of the molecule is CC.CC.CC.CC.CC.CC.CC.CC.CC.CC.CC.CC.CCN(C)C.CCN(C)C.CCN(C)C.CCN(C)C.CCN(C)C.CCN(C)C.CN(Cc1c[c-]c(-c2[c-]cccc2)cc1)Cc1cccc2c1Cc1ccccc1-2.CN(Cc1cc[c-]c(-c2[c-]cccc2)c1)Cc1cccc2c1Cc1ccccc1-2.CN(Cc1ccc[c-]c1-c1[c-]cccc1)Cc1cccc2c1Cc1ccccc1-2.[Y].[Y].[Y]. The molecule has 795 valence electrons. The van der Waals surface area contributed by atoms with Crippen molar-refractivity contribution in [3.63, 3.8) is 0 Å². The van der Waals surface area contributed by atoms with Gasteiger partial charge >= 0.3 is 0 Å². The summed E-state index contributed by atoms with van der Waals surface area (Å²) in [6.07, 6.45) is 3.13. The Labute approximate surface area is 968 Å². The van der Waals surface area contributed by atoms with Crippen molar-refractivity contribution in [2.24, 2.45) is 0 Å². The average molecular weight is 2190 g/mol. The number of hydrogen-bond acceptors (Lipinski definition) is 9. The molecular weight excluding hydrogens is 1980 g/mol. The second-order valence-corrected chi connectivity index (χ2v) is 31.8. The van der Waals surface area contributed by atoms with Crippen LogP contribution in [0.2, 0.25) is 0 Å². The van der Waals surface area contributed by atoms with E-state index in [1.54, 1.807) is 0 Å². The molecule has 0 amide bonds. The Bertz CT molecular complexity index is 4740. The number of hydrogen-bond donors (Lipinski definition) is 0. The van der Waals surface area contributed by atoms with Gasteiger partial charge in [-0.25, -0.2) is 33.4 Å². The zero-order valence-corrected chi connectivity index (χ0v) is 109. The van der Waals surface area contributed by atoms with Crippen LogP contribution in [0.4, 0.5) is 0 Å².